The van der Waals surface area contributed by atoms with Crippen molar-refractivity contribution in [3.05, 3.63) is 44.8 Å². The fraction of sp³-hybridized carbons (Fsp3) is 0.286. The highest BCUT2D eigenvalue weighted by molar-refractivity contribution is 7.10. The Morgan fingerprint density at radius 1 is 1.19 bits per heavy atom. The van der Waals surface area contributed by atoms with Gasteiger partial charge in [0.1, 0.15) is 6.61 Å². The van der Waals surface area contributed by atoms with Crippen molar-refractivity contribution < 1.29 is 14.3 Å². The maximum Gasteiger partial charge on any atom is 0.410 e. The van der Waals surface area contributed by atoms with Crippen molar-refractivity contribution in [2.75, 3.05) is 13.2 Å². The molecule has 110 valence electrons. The molecule has 0 aliphatic rings. The summed E-state index contributed by atoms with van der Waals surface area (Å²) in [6.07, 6.45) is 1.01. The van der Waals surface area contributed by atoms with Crippen LogP contribution >= 0.6 is 22.7 Å². The molecule has 0 bridgehead atoms. The lowest BCUT2D eigenvalue weighted by Gasteiger charge is -2.20. The number of isocyanates is 1. The molecule has 0 aliphatic carbocycles. The first-order valence-corrected chi connectivity index (χ1v) is 8.05. The molecule has 0 aliphatic heterocycles. The lowest BCUT2D eigenvalue weighted by atomic mass is 10.4. The summed E-state index contributed by atoms with van der Waals surface area (Å²) in [6.45, 7) is 1.23. The molecule has 2 aromatic rings. The van der Waals surface area contributed by atoms with Crippen molar-refractivity contribution in [3.8, 4) is 0 Å². The number of ether oxygens (including phenoxy) is 1. The van der Waals surface area contributed by atoms with E-state index in [1.165, 1.54) is 6.08 Å². The standard InChI is InChI=1S/C14H14N2O3S2/c17-11-15-5-6-19-14(18)16(9-12-3-1-7-20-12)10-13-4-2-8-21-13/h1-4,7-8H,5-6,9-10H2. The molecule has 0 atom stereocenters. The molecule has 0 spiro atoms. The van der Waals surface area contributed by atoms with Crippen molar-refractivity contribution in [2.45, 2.75) is 13.1 Å². The SMILES string of the molecule is O=C=NCCOC(=O)N(Cc1cccs1)Cc1cccs1. The van der Waals surface area contributed by atoms with Crippen LogP contribution in [0.1, 0.15) is 9.75 Å². The molecule has 21 heavy (non-hydrogen) atoms. The zero-order valence-electron chi connectivity index (χ0n) is 11.2. The largest absolute Gasteiger partial charge is 0.447 e. The minimum Gasteiger partial charge on any atom is -0.447 e. The molecule has 0 N–H and O–H groups in total. The molecule has 0 radical (unpaired) electrons. The molecule has 0 unspecified atom stereocenters. The van der Waals surface area contributed by atoms with Crippen LogP contribution in [-0.2, 0) is 22.6 Å². The second kappa shape index (κ2) is 8.36. The van der Waals surface area contributed by atoms with Crippen molar-refractivity contribution in [1.29, 1.82) is 0 Å². The molecule has 0 saturated carbocycles. The van der Waals surface area contributed by atoms with E-state index >= 15 is 0 Å². The van der Waals surface area contributed by atoms with Gasteiger partial charge in [-0.25, -0.2) is 14.6 Å². The lowest BCUT2D eigenvalue weighted by molar-refractivity contribution is 0.100. The van der Waals surface area contributed by atoms with Crippen molar-refractivity contribution >= 4 is 34.8 Å². The quantitative estimate of drug-likeness (QED) is 0.446. The third-order valence-electron chi connectivity index (χ3n) is 2.60. The third-order valence-corrected chi connectivity index (χ3v) is 4.33. The maximum atomic E-state index is 12.1. The molecule has 0 saturated heterocycles. The number of carbonyl (C=O) groups is 1. The first-order chi connectivity index (χ1) is 10.3. The summed E-state index contributed by atoms with van der Waals surface area (Å²) in [5.74, 6) is 0. The van der Waals surface area contributed by atoms with E-state index in [0.717, 1.165) is 9.75 Å². The molecule has 5 nitrogen and oxygen atoms in total. The van der Waals surface area contributed by atoms with Gasteiger partial charge < -0.3 is 4.74 Å². The Morgan fingerprint density at radius 3 is 2.29 bits per heavy atom. The minimum atomic E-state index is -0.405. The summed E-state index contributed by atoms with van der Waals surface area (Å²) in [7, 11) is 0. The average Bonchev–Trinajstić information content (AvgIpc) is 3.16. The van der Waals surface area contributed by atoms with Crippen LogP contribution in [0, 0.1) is 0 Å². The summed E-state index contributed by atoms with van der Waals surface area (Å²) in [4.78, 5) is 29.3. The number of amides is 1. The number of nitrogens with zero attached hydrogens (tertiary/aromatic N) is 2. The Morgan fingerprint density at radius 2 is 1.81 bits per heavy atom. The van der Waals surface area contributed by atoms with E-state index < -0.39 is 6.09 Å². The van der Waals surface area contributed by atoms with Crippen molar-refractivity contribution in [2.24, 2.45) is 4.99 Å². The normalized spacial score (nSPS) is 9.90. The van der Waals surface area contributed by atoms with Crippen LogP contribution in [0.4, 0.5) is 4.79 Å². The topological polar surface area (TPSA) is 59.0 Å². The van der Waals surface area contributed by atoms with Gasteiger partial charge in [-0.05, 0) is 22.9 Å². The molecule has 1 amide bonds. The van der Waals surface area contributed by atoms with Gasteiger partial charge in [0.25, 0.3) is 0 Å². The first-order valence-electron chi connectivity index (χ1n) is 6.29. The van der Waals surface area contributed by atoms with Gasteiger partial charge in [-0.2, -0.15) is 0 Å². The zero-order valence-corrected chi connectivity index (χ0v) is 12.9. The van der Waals surface area contributed by atoms with Crippen LogP contribution < -0.4 is 0 Å². The number of thiophene rings is 2. The second-order valence-corrected chi connectivity index (χ2v) is 6.17. The molecule has 2 rings (SSSR count). The van der Waals surface area contributed by atoms with Crippen LogP contribution in [0.2, 0.25) is 0 Å². The molecule has 2 aromatic heterocycles. The Hall–Kier alpha value is -1.95. The van der Waals surface area contributed by atoms with Gasteiger partial charge in [0.05, 0.1) is 19.6 Å². The summed E-state index contributed by atoms with van der Waals surface area (Å²) in [6, 6.07) is 7.87. The summed E-state index contributed by atoms with van der Waals surface area (Å²) >= 11 is 3.19. The summed E-state index contributed by atoms with van der Waals surface area (Å²) in [5, 5.41) is 3.95. The lowest BCUT2D eigenvalue weighted by Crippen LogP contribution is -2.30. The fourth-order valence-electron chi connectivity index (χ4n) is 1.68. The predicted octanol–water partition coefficient (Wildman–Crippen LogP) is 3.28. The zero-order chi connectivity index (χ0) is 14.9. The van der Waals surface area contributed by atoms with Crippen LogP contribution in [0.15, 0.2) is 40.0 Å². The van der Waals surface area contributed by atoms with E-state index in [1.54, 1.807) is 27.6 Å². The minimum absolute atomic E-state index is 0.0828. The molecular formula is C14H14N2O3S2. The van der Waals surface area contributed by atoms with Crippen LogP contribution in [-0.4, -0.2) is 30.2 Å². The Labute approximate surface area is 130 Å². The van der Waals surface area contributed by atoms with E-state index in [0.29, 0.717) is 13.1 Å². The van der Waals surface area contributed by atoms with Gasteiger partial charge in [-0.1, -0.05) is 12.1 Å². The highest BCUT2D eigenvalue weighted by Gasteiger charge is 2.17. The predicted molar refractivity (Wildman–Crippen MR) is 82.2 cm³/mol. The van der Waals surface area contributed by atoms with Crippen LogP contribution in [0.25, 0.3) is 0 Å². The molecule has 7 heteroatoms. The highest BCUT2D eigenvalue weighted by atomic mass is 32.1. The van der Waals surface area contributed by atoms with E-state index in [-0.39, 0.29) is 13.2 Å². The molecular weight excluding hydrogens is 308 g/mol. The second-order valence-electron chi connectivity index (χ2n) is 4.10. The van der Waals surface area contributed by atoms with Crippen molar-refractivity contribution in [3.63, 3.8) is 0 Å². The van der Waals surface area contributed by atoms with Gasteiger partial charge in [0, 0.05) is 9.75 Å². The smallest absolute Gasteiger partial charge is 0.410 e. The van der Waals surface area contributed by atoms with Crippen LogP contribution in [0.3, 0.4) is 0 Å². The average molecular weight is 322 g/mol. The van der Waals surface area contributed by atoms with Gasteiger partial charge in [0.2, 0.25) is 6.08 Å². The number of hydrogen-bond acceptors (Lipinski definition) is 6. The maximum absolute atomic E-state index is 12.1. The number of rotatable bonds is 7. The van der Waals surface area contributed by atoms with Gasteiger partial charge in [0.15, 0.2) is 0 Å². The Kier molecular flexibility index (Phi) is 6.15. The van der Waals surface area contributed by atoms with E-state index in [4.69, 9.17) is 4.74 Å². The van der Waals surface area contributed by atoms with E-state index in [2.05, 4.69) is 4.99 Å². The van der Waals surface area contributed by atoms with Gasteiger partial charge >= 0.3 is 6.09 Å². The van der Waals surface area contributed by atoms with Crippen molar-refractivity contribution in [1.82, 2.24) is 4.90 Å². The monoisotopic (exact) mass is 322 g/mol. The first kappa shape index (κ1) is 15.4. The number of aliphatic imine (C=N–C) groups is 1. The molecule has 2 heterocycles. The Bertz CT molecular complexity index is 554. The summed E-state index contributed by atoms with van der Waals surface area (Å²) < 4.78 is 5.13. The summed E-state index contributed by atoms with van der Waals surface area (Å²) in [5.41, 5.74) is 0. The van der Waals surface area contributed by atoms with Crippen LogP contribution in [0.5, 0.6) is 0 Å². The van der Waals surface area contributed by atoms with Gasteiger partial charge in [-0.3, -0.25) is 4.90 Å². The fourth-order valence-corrected chi connectivity index (χ4v) is 3.12. The van der Waals surface area contributed by atoms with E-state index in [9.17, 15) is 9.59 Å². The molecule has 0 fully saturated rings. The number of carbonyl (C=O) groups excluding carboxylic acids is 2. The van der Waals surface area contributed by atoms with Gasteiger partial charge in [-0.15, -0.1) is 22.7 Å². The van der Waals surface area contributed by atoms with E-state index in [1.807, 2.05) is 35.0 Å². The number of hydrogen-bond donors (Lipinski definition) is 0. The molecule has 0 aromatic carbocycles. The highest BCUT2D eigenvalue weighted by Crippen LogP contribution is 2.17. The third kappa shape index (κ3) is 5.15. The Balaban J connectivity index is 1.96.